The number of thiazole rings is 1. The molecule has 1 aromatic heterocycles. The molecule has 7 nitrogen and oxygen atoms in total. The maximum absolute atomic E-state index is 13.0. The monoisotopic (exact) mass is 401 g/mol. The van der Waals surface area contributed by atoms with Crippen LogP contribution in [0.5, 0.6) is 0 Å². The third kappa shape index (κ3) is 5.22. The van der Waals surface area contributed by atoms with Crippen LogP contribution >= 0.6 is 11.3 Å². The van der Waals surface area contributed by atoms with Crippen molar-refractivity contribution in [1.82, 2.24) is 20.5 Å². The van der Waals surface area contributed by atoms with E-state index in [0.717, 1.165) is 23.8 Å². The molecule has 1 fully saturated rings. The molecule has 2 heterocycles. The predicted octanol–water partition coefficient (Wildman–Crippen LogP) is 2.32. The number of nitrogens with one attached hydrogen (secondary N) is 2. The van der Waals surface area contributed by atoms with Crippen LogP contribution in [-0.2, 0) is 11.3 Å². The van der Waals surface area contributed by atoms with E-state index in [1.54, 1.807) is 17.5 Å². The maximum Gasteiger partial charge on any atom is 0.315 e. The average Bonchev–Trinajstić information content (AvgIpc) is 3.25. The Hall–Kier alpha value is -2.61. The van der Waals surface area contributed by atoms with Crippen molar-refractivity contribution in [3.8, 4) is 0 Å². The van der Waals surface area contributed by atoms with Gasteiger partial charge in [-0.25, -0.2) is 9.78 Å². The van der Waals surface area contributed by atoms with E-state index in [4.69, 9.17) is 0 Å². The fourth-order valence-corrected chi connectivity index (χ4v) is 3.87. The zero-order chi connectivity index (χ0) is 19.9. The Balaban J connectivity index is 1.51. The smallest absolute Gasteiger partial charge is 0.315 e. The number of hydrogen-bond acceptors (Lipinski definition) is 5. The van der Waals surface area contributed by atoms with Gasteiger partial charge in [-0.1, -0.05) is 44.2 Å². The van der Waals surface area contributed by atoms with E-state index in [-0.39, 0.29) is 17.9 Å². The lowest BCUT2D eigenvalue weighted by molar-refractivity contribution is -0.134. The molecule has 0 bridgehead atoms. The highest BCUT2D eigenvalue weighted by Crippen LogP contribution is 2.19. The molecular formula is C20H27N5O2S. The Morgan fingerprint density at radius 1 is 1.14 bits per heavy atom. The molecule has 1 atom stereocenters. The van der Waals surface area contributed by atoms with Crippen LogP contribution < -0.4 is 15.5 Å². The molecule has 0 spiro atoms. The first-order valence-electron chi connectivity index (χ1n) is 9.56. The molecule has 1 aliphatic heterocycles. The molecule has 28 heavy (non-hydrogen) atoms. The van der Waals surface area contributed by atoms with Crippen LogP contribution in [0.4, 0.5) is 9.93 Å². The first kappa shape index (κ1) is 20.1. The fraction of sp³-hybridized carbons (Fsp3) is 0.450. The van der Waals surface area contributed by atoms with Gasteiger partial charge in [0.05, 0.1) is 0 Å². The summed E-state index contributed by atoms with van der Waals surface area (Å²) >= 11 is 1.61. The van der Waals surface area contributed by atoms with Gasteiger partial charge in [0.25, 0.3) is 0 Å². The summed E-state index contributed by atoms with van der Waals surface area (Å²) < 4.78 is 0. The molecule has 1 saturated heterocycles. The molecule has 150 valence electrons. The normalized spacial score (nSPS) is 15.4. The lowest BCUT2D eigenvalue weighted by atomic mass is 10.0. The molecule has 2 N–H and O–H groups in total. The standard InChI is InChI=1S/C20H27N5O2S/c1-15(2)17(23-19(27)22-14-16-6-4-3-5-7-16)18(26)24-9-11-25(12-10-24)20-21-8-13-28-20/h3-8,13,15,17H,9-12,14H2,1-2H3,(H2,22,23,27). The second-order valence-corrected chi connectivity index (χ2v) is 8.03. The average molecular weight is 402 g/mol. The summed E-state index contributed by atoms with van der Waals surface area (Å²) in [5.41, 5.74) is 1.02. The highest BCUT2D eigenvalue weighted by Gasteiger charge is 2.31. The SMILES string of the molecule is CC(C)C(NC(=O)NCc1ccccc1)C(=O)N1CCN(c2nccs2)CC1. The number of nitrogens with zero attached hydrogens (tertiary/aromatic N) is 3. The van der Waals surface area contributed by atoms with Gasteiger partial charge < -0.3 is 20.4 Å². The van der Waals surface area contributed by atoms with Crippen LogP contribution in [0, 0.1) is 5.92 Å². The van der Waals surface area contributed by atoms with Gasteiger partial charge in [0, 0.05) is 44.3 Å². The van der Waals surface area contributed by atoms with Gasteiger partial charge in [0.1, 0.15) is 6.04 Å². The van der Waals surface area contributed by atoms with Crippen LogP contribution in [0.1, 0.15) is 19.4 Å². The summed E-state index contributed by atoms with van der Waals surface area (Å²) in [6, 6.07) is 8.84. The fourth-order valence-electron chi connectivity index (χ4n) is 3.17. The quantitative estimate of drug-likeness (QED) is 0.779. The van der Waals surface area contributed by atoms with Gasteiger partial charge in [0.2, 0.25) is 5.91 Å². The number of carbonyl (C=O) groups excluding carboxylic acids is 2. The van der Waals surface area contributed by atoms with Crippen LogP contribution in [0.15, 0.2) is 41.9 Å². The topological polar surface area (TPSA) is 77.6 Å². The zero-order valence-electron chi connectivity index (χ0n) is 16.3. The molecule has 0 saturated carbocycles. The van der Waals surface area contributed by atoms with Crippen molar-refractivity contribution in [2.75, 3.05) is 31.1 Å². The van der Waals surface area contributed by atoms with Crippen LogP contribution in [0.3, 0.4) is 0 Å². The number of anilines is 1. The van der Waals surface area contributed by atoms with E-state index in [0.29, 0.717) is 19.6 Å². The van der Waals surface area contributed by atoms with Gasteiger partial charge in [-0.05, 0) is 11.5 Å². The summed E-state index contributed by atoms with van der Waals surface area (Å²) in [5.74, 6) is -0.0179. The lowest BCUT2D eigenvalue weighted by Gasteiger charge is -2.37. The second kappa shape index (κ2) is 9.54. The molecule has 3 rings (SSSR count). The van der Waals surface area contributed by atoms with Gasteiger partial charge in [-0.2, -0.15) is 0 Å². The summed E-state index contributed by atoms with van der Waals surface area (Å²) in [5, 5.41) is 8.64. The Morgan fingerprint density at radius 2 is 1.86 bits per heavy atom. The van der Waals surface area contributed by atoms with Gasteiger partial charge >= 0.3 is 6.03 Å². The molecular weight excluding hydrogens is 374 g/mol. The van der Waals surface area contributed by atoms with Crippen molar-refractivity contribution in [3.05, 3.63) is 47.5 Å². The second-order valence-electron chi connectivity index (χ2n) is 7.16. The van der Waals surface area contributed by atoms with E-state index in [1.165, 1.54) is 0 Å². The lowest BCUT2D eigenvalue weighted by Crippen LogP contribution is -2.57. The number of amides is 3. The van der Waals surface area contributed by atoms with Crippen molar-refractivity contribution < 1.29 is 9.59 Å². The Morgan fingerprint density at radius 3 is 2.46 bits per heavy atom. The molecule has 0 aliphatic carbocycles. The van der Waals surface area contributed by atoms with E-state index >= 15 is 0 Å². The van der Waals surface area contributed by atoms with E-state index in [1.807, 2.05) is 54.5 Å². The molecule has 8 heteroatoms. The number of hydrogen-bond donors (Lipinski definition) is 2. The van der Waals surface area contributed by atoms with Crippen molar-refractivity contribution in [2.45, 2.75) is 26.4 Å². The largest absolute Gasteiger partial charge is 0.345 e. The first-order valence-corrected chi connectivity index (χ1v) is 10.4. The number of rotatable bonds is 6. The molecule has 3 amide bonds. The van der Waals surface area contributed by atoms with E-state index in [2.05, 4.69) is 20.5 Å². The van der Waals surface area contributed by atoms with Gasteiger partial charge in [-0.15, -0.1) is 11.3 Å². The third-order valence-electron chi connectivity index (χ3n) is 4.80. The number of benzene rings is 1. The predicted molar refractivity (Wildman–Crippen MR) is 111 cm³/mol. The van der Waals surface area contributed by atoms with Gasteiger partial charge in [0.15, 0.2) is 5.13 Å². The minimum absolute atomic E-state index is 0.00645. The number of carbonyl (C=O) groups is 2. The van der Waals surface area contributed by atoms with Crippen molar-refractivity contribution in [1.29, 1.82) is 0 Å². The number of urea groups is 1. The Bertz CT molecular complexity index is 758. The third-order valence-corrected chi connectivity index (χ3v) is 5.63. The highest BCUT2D eigenvalue weighted by molar-refractivity contribution is 7.13. The summed E-state index contributed by atoms with van der Waals surface area (Å²) in [4.78, 5) is 33.7. The van der Waals surface area contributed by atoms with E-state index < -0.39 is 6.04 Å². The minimum atomic E-state index is -0.540. The van der Waals surface area contributed by atoms with Crippen LogP contribution in [0.25, 0.3) is 0 Å². The molecule has 2 aromatic rings. The maximum atomic E-state index is 13.0. The van der Waals surface area contributed by atoms with Gasteiger partial charge in [-0.3, -0.25) is 4.79 Å². The van der Waals surface area contributed by atoms with Crippen molar-refractivity contribution in [3.63, 3.8) is 0 Å². The van der Waals surface area contributed by atoms with Crippen LogP contribution in [0.2, 0.25) is 0 Å². The minimum Gasteiger partial charge on any atom is -0.345 e. The molecule has 0 radical (unpaired) electrons. The molecule has 1 unspecified atom stereocenters. The number of aromatic nitrogens is 1. The Kier molecular flexibility index (Phi) is 6.86. The Labute approximate surface area is 169 Å². The zero-order valence-corrected chi connectivity index (χ0v) is 17.1. The summed E-state index contributed by atoms with van der Waals surface area (Å²) in [7, 11) is 0. The summed E-state index contributed by atoms with van der Waals surface area (Å²) in [6.45, 7) is 7.11. The number of piperazine rings is 1. The molecule has 1 aliphatic rings. The van der Waals surface area contributed by atoms with Crippen LogP contribution in [-0.4, -0.2) is 54.0 Å². The first-order chi connectivity index (χ1) is 13.5. The van der Waals surface area contributed by atoms with Crippen molar-refractivity contribution >= 4 is 28.4 Å². The van der Waals surface area contributed by atoms with Crippen molar-refractivity contribution in [2.24, 2.45) is 5.92 Å². The highest BCUT2D eigenvalue weighted by atomic mass is 32.1. The molecule has 1 aromatic carbocycles. The van der Waals surface area contributed by atoms with E-state index in [9.17, 15) is 9.59 Å². The summed E-state index contributed by atoms with van der Waals surface area (Å²) in [6.07, 6.45) is 1.80.